The van der Waals surface area contributed by atoms with Gasteiger partial charge in [0.1, 0.15) is 11.5 Å². The molecule has 1 rings (SSSR count). The zero-order chi connectivity index (χ0) is 13.7. The molecule has 0 heterocycles. The number of hydrogen-bond donors (Lipinski definition) is 2. The highest BCUT2D eigenvalue weighted by atomic mass is 79.9. The van der Waals surface area contributed by atoms with Gasteiger partial charge in [0.2, 0.25) is 0 Å². The average Bonchev–Trinajstić information content (AvgIpc) is 2.34. The molecular formula is C12H16BrNO4. The lowest BCUT2D eigenvalue weighted by Gasteiger charge is -2.13. The molecule has 5 nitrogen and oxygen atoms in total. The molecule has 0 saturated carbocycles. The van der Waals surface area contributed by atoms with E-state index >= 15 is 0 Å². The van der Waals surface area contributed by atoms with Crippen LogP contribution in [0.5, 0.6) is 11.5 Å². The molecule has 0 aliphatic carbocycles. The first-order chi connectivity index (χ1) is 8.49. The number of aliphatic hydroxyl groups excluding tert-OH is 1. The smallest absolute Gasteiger partial charge is 0.255 e. The molecule has 1 aromatic carbocycles. The predicted molar refractivity (Wildman–Crippen MR) is 71.3 cm³/mol. The van der Waals surface area contributed by atoms with E-state index in [0.29, 0.717) is 21.5 Å². The number of aliphatic hydroxyl groups is 1. The number of amides is 1. The fourth-order valence-corrected chi connectivity index (χ4v) is 2.00. The lowest BCUT2D eigenvalue weighted by molar-refractivity contribution is 0.0920. The minimum Gasteiger partial charge on any atom is -0.497 e. The Morgan fingerprint density at radius 1 is 1.44 bits per heavy atom. The Labute approximate surface area is 114 Å². The van der Waals surface area contributed by atoms with Crippen LogP contribution < -0.4 is 14.8 Å². The predicted octanol–water partition coefficient (Wildman–Crippen LogP) is 1.58. The fourth-order valence-electron chi connectivity index (χ4n) is 1.40. The number of carbonyl (C=O) groups excluding carboxylic acids is 1. The molecule has 0 unspecified atom stereocenters. The number of halogens is 1. The highest BCUT2D eigenvalue weighted by Gasteiger charge is 2.17. The van der Waals surface area contributed by atoms with E-state index in [-0.39, 0.29) is 12.5 Å². The third kappa shape index (κ3) is 3.61. The van der Waals surface area contributed by atoms with Crippen molar-refractivity contribution < 1.29 is 19.4 Å². The van der Waals surface area contributed by atoms with Crippen molar-refractivity contribution in [2.45, 2.75) is 13.0 Å². The number of benzene rings is 1. The lowest BCUT2D eigenvalue weighted by Crippen LogP contribution is -2.30. The number of hydrogen-bond acceptors (Lipinski definition) is 4. The Bertz CT molecular complexity index is 434. The standard InChI is InChI=1S/C12H16BrNO4/c1-7(15)6-14-12(16)9-4-8(17-2)5-10(13)11(9)18-3/h4-5,7,15H,6H2,1-3H3,(H,14,16)/t7-/m0/s1. The van der Waals surface area contributed by atoms with Gasteiger partial charge in [0, 0.05) is 6.54 Å². The van der Waals surface area contributed by atoms with Crippen molar-refractivity contribution in [2.75, 3.05) is 20.8 Å². The quantitative estimate of drug-likeness (QED) is 0.865. The Hall–Kier alpha value is -1.27. The second kappa shape index (κ2) is 6.61. The molecule has 6 heteroatoms. The summed E-state index contributed by atoms with van der Waals surface area (Å²) in [5, 5.41) is 11.8. The highest BCUT2D eigenvalue weighted by molar-refractivity contribution is 9.10. The van der Waals surface area contributed by atoms with Gasteiger partial charge >= 0.3 is 0 Å². The van der Waals surface area contributed by atoms with Crippen molar-refractivity contribution in [1.82, 2.24) is 5.32 Å². The van der Waals surface area contributed by atoms with E-state index < -0.39 is 6.10 Å². The van der Waals surface area contributed by atoms with Gasteiger partial charge in [-0.05, 0) is 35.0 Å². The normalized spacial score (nSPS) is 11.8. The summed E-state index contributed by atoms with van der Waals surface area (Å²) in [4.78, 5) is 12.0. The SMILES string of the molecule is COc1cc(Br)c(OC)c(C(=O)NC[C@H](C)O)c1. The minimum atomic E-state index is -0.603. The summed E-state index contributed by atoms with van der Waals surface area (Å²) in [5.74, 6) is 0.649. The van der Waals surface area contributed by atoms with Crippen LogP contribution in [0, 0.1) is 0 Å². The monoisotopic (exact) mass is 317 g/mol. The van der Waals surface area contributed by atoms with E-state index in [0.717, 1.165) is 0 Å². The molecule has 0 bridgehead atoms. The number of ether oxygens (including phenoxy) is 2. The van der Waals surface area contributed by atoms with Crippen LogP contribution in [-0.4, -0.2) is 37.9 Å². The Morgan fingerprint density at radius 3 is 2.61 bits per heavy atom. The van der Waals surface area contributed by atoms with Gasteiger partial charge in [-0.25, -0.2) is 0 Å². The molecular weight excluding hydrogens is 302 g/mol. The molecule has 18 heavy (non-hydrogen) atoms. The van der Waals surface area contributed by atoms with Crippen molar-refractivity contribution in [1.29, 1.82) is 0 Å². The first-order valence-electron chi connectivity index (χ1n) is 5.37. The molecule has 1 atom stereocenters. The van der Waals surface area contributed by atoms with Gasteiger partial charge in [-0.1, -0.05) is 0 Å². The van der Waals surface area contributed by atoms with Crippen molar-refractivity contribution in [2.24, 2.45) is 0 Å². The number of nitrogens with one attached hydrogen (secondary N) is 1. The van der Waals surface area contributed by atoms with Crippen LogP contribution in [0.3, 0.4) is 0 Å². The molecule has 0 aliphatic heterocycles. The first-order valence-corrected chi connectivity index (χ1v) is 6.16. The maximum absolute atomic E-state index is 12.0. The summed E-state index contributed by atoms with van der Waals surface area (Å²) in [6.45, 7) is 1.77. The third-order valence-corrected chi connectivity index (χ3v) is 2.85. The van der Waals surface area contributed by atoms with Gasteiger partial charge in [0.05, 0.1) is 30.4 Å². The molecule has 100 valence electrons. The zero-order valence-electron chi connectivity index (χ0n) is 10.5. The van der Waals surface area contributed by atoms with Gasteiger partial charge in [0.25, 0.3) is 5.91 Å². The van der Waals surface area contributed by atoms with Crippen LogP contribution in [0.2, 0.25) is 0 Å². The van der Waals surface area contributed by atoms with Crippen LogP contribution in [-0.2, 0) is 0 Å². The van der Waals surface area contributed by atoms with E-state index in [9.17, 15) is 4.79 Å². The van der Waals surface area contributed by atoms with Gasteiger partial charge in [-0.2, -0.15) is 0 Å². The van der Waals surface area contributed by atoms with Crippen LogP contribution in [0.4, 0.5) is 0 Å². The zero-order valence-corrected chi connectivity index (χ0v) is 12.1. The molecule has 1 amide bonds. The van der Waals surface area contributed by atoms with Crippen molar-refractivity contribution in [3.63, 3.8) is 0 Å². The highest BCUT2D eigenvalue weighted by Crippen LogP contribution is 2.33. The molecule has 0 saturated heterocycles. The largest absolute Gasteiger partial charge is 0.497 e. The maximum atomic E-state index is 12.0. The summed E-state index contributed by atoms with van der Waals surface area (Å²) in [6, 6.07) is 3.30. The minimum absolute atomic E-state index is 0.177. The van der Waals surface area contributed by atoms with Gasteiger partial charge in [0.15, 0.2) is 0 Å². The fraction of sp³-hybridized carbons (Fsp3) is 0.417. The summed E-state index contributed by atoms with van der Waals surface area (Å²) in [6.07, 6.45) is -0.603. The van der Waals surface area contributed by atoms with E-state index in [2.05, 4.69) is 21.2 Å². The van der Waals surface area contributed by atoms with Crippen LogP contribution in [0.1, 0.15) is 17.3 Å². The van der Waals surface area contributed by atoms with E-state index in [1.54, 1.807) is 19.1 Å². The molecule has 0 aromatic heterocycles. The van der Waals surface area contributed by atoms with Crippen molar-refractivity contribution >= 4 is 21.8 Å². The molecule has 0 aliphatic rings. The molecule has 1 aromatic rings. The average molecular weight is 318 g/mol. The first kappa shape index (κ1) is 14.8. The summed E-state index contributed by atoms with van der Waals surface area (Å²) in [5.41, 5.74) is 0.351. The van der Waals surface area contributed by atoms with Crippen molar-refractivity contribution in [3.8, 4) is 11.5 Å². The van der Waals surface area contributed by atoms with E-state index in [1.165, 1.54) is 14.2 Å². The van der Waals surface area contributed by atoms with Gasteiger partial charge < -0.3 is 19.9 Å². The Kier molecular flexibility index (Phi) is 5.43. The van der Waals surface area contributed by atoms with E-state index in [4.69, 9.17) is 14.6 Å². The number of carbonyl (C=O) groups is 1. The molecule has 0 fully saturated rings. The second-order valence-electron chi connectivity index (χ2n) is 3.75. The number of rotatable bonds is 5. The van der Waals surface area contributed by atoms with Crippen LogP contribution in [0.25, 0.3) is 0 Å². The summed E-state index contributed by atoms with van der Waals surface area (Å²) < 4.78 is 10.9. The molecule has 0 spiro atoms. The van der Waals surface area contributed by atoms with Crippen LogP contribution >= 0.6 is 15.9 Å². The lowest BCUT2D eigenvalue weighted by atomic mass is 10.1. The van der Waals surface area contributed by atoms with Gasteiger partial charge in [-0.3, -0.25) is 4.79 Å². The summed E-state index contributed by atoms with van der Waals surface area (Å²) in [7, 11) is 3.00. The molecule has 2 N–H and O–H groups in total. The Balaban J connectivity index is 3.04. The Morgan fingerprint density at radius 2 is 2.11 bits per heavy atom. The third-order valence-electron chi connectivity index (χ3n) is 2.26. The van der Waals surface area contributed by atoms with Crippen molar-refractivity contribution in [3.05, 3.63) is 22.2 Å². The van der Waals surface area contributed by atoms with Crippen LogP contribution in [0.15, 0.2) is 16.6 Å². The number of methoxy groups -OCH3 is 2. The summed E-state index contributed by atoms with van der Waals surface area (Å²) >= 11 is 3.31. The maximum Gasteiger partial charge on any atom is 0.255 e. The topological polar surface area (TPSA) is 67.8 Å². The van der Waals surface area contributed by atoms with Gasteiger partial charge in [-0.15, -0.1) is 0 Å². The molecule has 0 radical (unpaired) electrons. The van der Waals surface area contributed by atoms with E-state index in [1.807, 2.05) is 0 Å². The second-order valence-corrected chi connectivity index (χ2v) is 4.60.